The van der Waals surface area contributed by atoms with Gasteiger partial charge >= 0.3 is 0 Å². The molecule has 0 aromatic carbocycles. The van der Waals surface area contributed by atoms with Crippen LogP contribution in [0.3, 0.4) is 0 Å². The molecule has 0 N–H and O–H groups in total. The Morgan fingerprint density at radius 2 is 2.23 bits per heavy atom. The third kappa shape index (κ3) is 1.43. The van der Waals surface area contributed by atoms with E-state index < -0.39 is 0 Å². The minimum atomic E-state index is 0.598. The van der Waals surface area contributed by atoms with E-state index in [-0.39, 0.29) is 0 Å². The molecule has 0 amide bonds. The summed E-state index contributed by atoms with van der Waals surface area (Å²) in [7, 11) is 0. The zero-order chi connectivity index (χ0) is 9.42. The topological polar surface area (TPSA) is 13.1 Å². The minimum Gasteiger partial charge on any atom is -0.464 e. The highest BCUT2D eigenvalue weighted by Gasteiger charge is 2.14. The van der Waals surface area contributed by atoms with Gasteiger partial charge in [-0.3, -0.25) is 0 Å². The van der Waals surface area contributed by atoms with Crippen LogP contribution in [0.4, 0.5) is 0 Å². The molecule has 0 radical (unpaired) electrons. The van der Waals surface area contributed by atoms with Crippen molar-refractivity contribution in [2.45, 2.75) is 27.2 Å². The van der Waals surface area contributed by atoms with Crippen molar-refractivity contribution in [1.82, 2.24) is 0 Å². The van der Waals surface area contributed by atoms with Gasteiger partial charge < -0.3 is 4.42 Å². The molecule has 0 aliphatic heterocycles. The van der Waals surface area contributed by atoms with Crippen LogP contribution in [0, 0.1) is 11.8 Å². The molecular formula is C12H16O. The quantitative estimate of drug-likeness (QED) is 0.637. The molecule has 0 bridgehead atoms. The van der Waals surface area contributed by atoms with E-state index in [1.165, 1.54) is 10.8 Å². The lowest BCUT2D eigenvalue weighted by Gasteiger charge is -2.16. The van der Waals surface area contributed by atoms with E-state index in [0.29, 0.717) is 11.8 Å². The number of fused-ring (bicyclic) bond motifs is 1. The van der Waals surface area contributed by atoms with Crippen LogP contribution in [-0.2, 0) is 0 Å². The van der Waals surface area contributed by atoms with Gasteiger partial charge in [-0.1, -0.05) is 26.8 Å². The van der Waals surface area contributed by atoms with Gasteiger partial charge in [0.15, 0.2) is 0 Å². The molecule has 2 rings (SSSR count). The summed E-state index contributed by atoms with van der Waals surface area (Å²) in [4.78, 5) is 0. The van der Waals surface area contributed by atoms with Crippen molar-refractivity contribution < 1.29 is 4.42 Å². The van der Waals surface area contributed by atoms with Gasteiger partial charge in [0.25, 0.3) is 0 Å². The average Bonchev–Trinajstić information content (AvgIpc) is 2.49. The molecule has 13 heavy (non-hydrogen) atoms. The van der Waals surface area contributed by atoms with Crippen LogP contribution < -0.4 is 10.6 Å². The highest BCUT2D eigenvalue weighted by Crippen LogP contribution is 2.21. The first-order valence-corrected chi connectivity index (χ1v) is 4.97. The van der Waals surface area contributed by atoms with Crippen molar-refractivity contribution >= 4 is 11.6 Å². The summed E-state index contributed by atoms with van der Waals surface area (Å²) < 4.78 is 5.51. The minimum absolute atomic E-state index is 0.598. The van der Waals surface area contributed by atoms with Crippen molar-refractivity contribution in [3.8, 4) is 0 Å². The van der Waals surface area contributed by atoms with E-state index in [0.717, 1.165) is 11.8 Å². The van der Waals surface area contributed by atoms with Crippen LogP contribution in [0.1, 0.15) is 27.2 Å². The van der Waals surface area contributed by atoms with Gasteiger partial charge in [0, 0.05) is 5.22 Å². The molecule has 0 spiro atoms. The summed E-state index contributed by atoms with van der Waals surface area (Å²) in [6.07, 6.45) is 5.24. The van der Waals surface area contributed by atoms with Gasteiger partial charge in [-0.15, -0.1) is 0 Å². The molecule has 1 aromatic rings. The molecule has 1 aliphatic rings. The molecule has 1 aliphatic carbocycles. The lowest BCUT2D eigenvalue weighted by atomic mass is 9.89. The van der Waals surface area contributed by atoms with E-state index in [4.69, 9.17) is 4.42 Å². The molecule has 0 fully saturated rings. The Balaban J connectivity index is 2.70. The van der Waals surface area contributed by atoms with Crippen LogP contribution in [0.5, 0.6) is 0 Å². The zero-order valence-corrected chi connectivity index (χ0v) is 8.50. The van der Waals surface area contributed by atoms with Gasteiger partial charge in [-0.2, -0.15) is 0 Å². The van der Waals surface area contributed by atoms with Crippen LogP contribution in [0.15, 0.2) is 16.7 Å². The third-order valence-corrected chi connectivity index (χ3v) is 2.69. The molecule has 0 saturated carbocycles. The lowest BCUT2D eigenvalue weighted by molar-refractivity contribution is 0.512. The monoisotopic (exact) mass is 176 g/mol. The Kier molecular flexibility index (Phi) is 2.03. The number of hydrogen-bond donors (Lipinski definition) is 0. The van der Waals surface area contributed by atoms with E-state index >= 15 is 0 Å². The molecule has 70 valence electrons. The Hall–Kier alpha value is -0.980. The Bertz CT molecular complexity index is 409. The summed E-state index contributed by atoms with van der Waals surface area (Å²) in [5.74, 6) is 1.25. The molecule has 1 heteroatoms. The van der Waals surface area contributed by atoms with E-state index in [9.17, 15) is 0 Å². The SMILES string of the molecule is CC1C=c2ccoc2=C(C(C)C)C1. The molecule has 1 nitrogen and oxygen atoms in total. The fraction of sp³-hybridized carbons (Fsp3) is 0.500. The maximum atomic E-state index is 5.51. The molecule has 0 saturated heterocycles. The summed E-state index contributed by atoms with van der Waals surface area (Å²) in [6.45, 7) is 6.73. The highest BCUT2D eigenvalue weighted by molar-refractivity contribution is 5.51. The maximum Gasteiger partial charge on any atom is 0.133 e. The molecule has 1 aromatic heterocycles. The zero-order valence-electron chi connectivity index (χ0n) is 8.50. The van der Waals surface area contributed by atoms with E-state index in [1.807, 2.05) is 0 Å². The Labute approximate surface area is 78.8 Å². The molecule has 1 unspecified atom stereocenters. The number of hydrogen-bond acceptors (Lipinski definition) is 1. The second-order valence-electron chi connectivity index (χ2n) is 4.23. The summed E-state index contributed by atoms with van der Waals surface area (Å²) >= 11 is 0. The Morgan fingerprint density at radius 1 is 1.46 bits per heavy atom. The molecule has 1 heterocycles. The maximum absolute atomic E-state index is 5.51. The van der Waals surface area contributed by atoms with Crippen LogP contribution >= 0.6 is 0 Å². The van der Waals surface area contributed by atoms with Crippen molar-refractivity contribution in [2.75, 3.05) is 0 Å². The normalized spacial score (nSPS) is 21.5. The summed E-state index contributed by atoms with van der Waals surface area (Å²) in [5.41, 5.74) is 2.59. The largest absolute Gasteiger partial charge is 0.464 e. The van der Waals surface area contributed by atoms with Crippen molar-refractivity contribution in [2.24, 2.45) is 11.8 Å². The standard InChI is InChI=1S/C12H16O/c1-8(2)11-7-9(3)6-10-4-5-13-12(10)11/h4-6,8-9H,7H2,1-3H3. The highest BCUT2D eigenvalue weighted by atomic mass is 16.3. The predicted molar refractivity (Wildman–Crippen MR) is 54.5 cm³/mol. The smallest absolute Gasteiger partial charge is 0.133 e. The average molecular weight is 176 g/mol. The second kappa shape index (κ2) is 3.06. The third-order valence-electron chi connectivity index (χ3n) is 2.69. The fourth-order valence-electron chi connectivity index (χ4n) is 2.01. The van der Waals surface area contributed by atoms with Gasteiger partial charge in [-0.05, 0) is 29.9 Å². The Morgan fingerprint density at radius 3 is 2.92 bits per heavy atom. The lowest BCUT2D eigenvalue weighted by Crippen LogP contribution is -2.29. The first-order valence-electron chi connectivity index (χ1n) is 4.97. The van der Waals surface area contributed by atoms with Gasteiger partial charge in [0.05, 0.1) is 6.26 Å². The summed E-state index contributed by atoms with van der Waals surface area (Å²) in [5, 5.41) is 1.28. The number of rotatable bonds is 1. The molecular weight excluding hydrogens is 160 g/mol. The first-order chi connectivity index (χ1) is 6.18. The summed E-state index contributed by atoms with van der Waals surface area (Å²) in [6, 6.07) is 2.06. The van der Waals surface area contributed by atoms with Gasteiger partial charge in [-0.25, -0.2) is 0 Å². The van der Waals surface area contributed by atoms with Crippen LogP contribution in [-0.4, -0.2) is 0 Å². The van der Waals surface area contributed by atoms with Gasteiger partial charge in [0.2, 0.25) is 0 Å². The van der Waals surface area contributed by atoms with Crippen LogP contribution in [0.2, 0.25) is 0 Å². The molecule has 1 atom stereocenters. The number of furan rings is 1. The van der Waals surface area contributed by atoms with Crippen molar-refractivity contribution in [1.29, 1.82) is 0 Å². The van der Waals surface area contributed by atoms with E-state index in [1.54, 1.807) is 6.26 Å². The van der Waals surface area contributed by atoms with Gasteiger partial charge in [0.1, 0.15) is 5.42 Å². The van der Waals surface area contributed by atoms with Crippen LogP contribution in [0.25, 0.3) is 11.6 Å². The fourth-order valence-corrected chi connectivity index (χ4v) is 2.01. The first kappa shape index (κ1) is 8.61. The van der Waals surface area contributed by atoms with E-state index in [2.05, 4.69) is 32.9 Å². The van der Waals surface area contributed by atoms with Crippen molar-refractivity contribution in [3.63, 3.8) is 0 Å². The second-order valence-corrected chi connectivity index (χ2v) is 4.23. The van der Waals surface area contributed by atoms with Crippen molar-refractivity contribution in [3.05, 3.63) is 23.0 Å². The predicted octanol–water partition coefficient (Wildman–Crippen LogP) is 1.91.